The van der Waals surface area contributed by atoms with Crippen LogP contribution in [0.3, 0.4) is 0 Å². The monoisotopic (exact) mass is 258 g/mol. The molecule has 18 heavy (non-hydrogen) atoms. The molecular weight excluding hydrogens is 244 g/mol. The Morgan fingerprint density at radius 3 is 2.56 bits per heavy atom. The highest BCUT2D eigenvalue weighted by molar-refractivity contribution is 8.00. The first-order chi connectivity index (χ1) is 8.77. The van der Waals surface area contributed by atoms with Crippen molar-refractivity contribution in [2.45, 2.75) is 4.90 Å². The van der Waals surface area contributed by atoms with Crippen LogP contribution in [-0.4, -0.2) is 23.7 Å². The third-order valence-corrected chi connectivity index (χ3v) is 3.47. The predicted octanol–water partition coefficient (Wildman–Crippen LogP) is 2.84. The second kappa shape index (κ2) is 6.21. The van der Waals surface area contributed by atoms with Crippen LogP contribution in [0.25, 0.3) is 0 Å². The van der Waals surface area contributed by atoms with Crippen LogP contribution in [-0.2, 0) is 4.79 Å². The summed E-state index contributed by atoms with van der Waals surface area (Å²) in [6.07, 6.45) is 1.68. The third-order valence-electron chi connectivity index (χ3n) is 2.47. The molecule has 2 aromatic rings. The largest absolute Gasteiger partial charge is 0.299 e. The van der Waals surface area contributed by atoms with Crippen LogP contribution in [0.4, 0.5) is 5.82 Å². The summed E-state index contributed by atoms with van der Waals surface area (Å²) in [5.41, 5.74) is 0. The summed E-state index contributed by atoms with van der Waals surface area (Å²) < 4.78 is 0. The van der Waals surface area contributed by atoms with Crippen LogP contribution < -0.4 is 4.90 Å². The third kappa shape index (κ3) is 3.34. The van der Waals surface area contributed by atoms with Crippen molar-refractivity contribution in [3.05, 3.63) is 54.7 Å². The van der Waals surface area contributed by atoms with E-state index in [4.69, 9.17) is 0 Å². The molecule has 0 aliphatic heterocycles. The van der Waals surface area contributed by atoms with E-state index in [0.29, 0.717) is 11.6 Å². The Kier molecular flexibility index (Phi) is 4.36. The van der Waals surface area contributed by atoms with Gasteiger partial charge in [0.1, 0.15) is 5.82 Å². The van der Waals surface area contributed by atoms with Crippen LogP contribution >= 0.6 is 11.8 Å². The molecule has 2 rings (SSSR count). The Morgan fingerprint density at radius 2 is 1.89 bits per heavy atom. The zero-order valence-corrected chi connectivity index (χ0v) is 10.9. The van der Waals surface area contributed by atoms with Crippen LogP contribution in [0.2, 0.25) is 0 Å². The highest BCUT2D eigenvalue weighted by Gasteiger charge is 2.11. The minimum Gasteiger partial charge on any atom is -0.299 e. The molecule has 4 heteroatoms. The Hall–Kier alpha value is -1.81. The molecule has 1 aromatic heterocycles. The second-order valence-corrected chi connectivity index (χ2v) is 4.79. The van der Waals surface area contributed by atoms with Gasteiger partial charge in [-0.15, -0.1) is 11.8 Å². The Bertz CT molecular complexity index is 502. The fourth-order valence-corrected chi connectivity index (χ4v) is 2.27. The fourth-order valence-electron chi connectivity index (χ4n) is 1.44. The lowest BCUT2D eigenvalue weighted by atomic mass is 10.4. The predicted molar refractivity (Wildman–Crippen MR) is 74.8 cm³/mol. The lowest BCUT2D eigenvalue weighted by Crippen LogP contribution is -2.28. The number of aromatic nitrogens is 1. The molecular formula is C14H14N2OS. The van der Waals surface area contributed by atoms with E-state index in [-0.39, 0.29) is 5.91 Å². The maximum Gasteiger partial charge on any atom is 0.238 e. The summed E-state index contributed by atoms with van der Waals surface area (Å²) in [4.78, 5) is 18.8. The standard InChI is InChI=1S/C14H14N2OS/c1-16(13-9-5-6-10-15-13)14(17)11-18-12-7-3-2-4-8-12/h2-10H,11H2,1H3. The van der Waals surface area contributed by atoms with Crippen LogP contribution in [0.1, 0.15) is 0 Å². The average molecular weight is 258 g/mol. The quantitative estimate of drug-likeness (QED) is 0.791. The number of hydrogen-bond acceptors (Lipinski definition) is 3. The first-order valence-corrected chi connectivity index (χ1v) is 6.61. The van der Waals surface area contributed by atoms with Gasteiger partial charge in [0, 0.05) is 18.1 Å². The number of pyridine rings is 1. The topological polar surface area (TPSA) is 33.2 Å². The van der Waals surface area contributed by atoms with E-state index in [1.807, 2.05) is 48.5 Å². The second-order valence-electron chi connectivity index (χ2n) is 3.74. The maximum atomic E-state index is 12.0. The van der Waals surface area contributed by atoms with Gasteiger partial charge < -0.3 is 0 Å². The molecule has 0 atom stereocenters. The van der Waals surface area contributed by atoms with Crippen LogP contribution in [0.5, 0.6) is 0 Å². The number of carbonyl (C=O) groups excluding carboxylic acids is 1. The molecule has 0 radical (unpaired) electrons. The molecule has 0 fully saturated rings. The number of carbonyl (C=O) groups is 1. The number of rotatable bonds is 4. The zero-order chi connectivity index (χ0) is 12.8. The van der Waals surface area contributed by atoms with E-state index in [2.05, 4.69) is 4.98 Å². The summed E-state index contributed by atoms with van der Waals surface area (Å²) in [7, 11) is 1.75. The van der Waals surface area contributed by atoms with Gasteiger partial charge in [0.2, 0.25) is 5.91 Å². The van der Waals surface area contributed by atoms with Gasteiger partial charge in [-0.1, -0.05) is 24.3 Å². The molecule has 0 spiro atoms. The minimum absolute atomic E-state index is 0.0440. The molecule has 1 heterocycles. The van der Waals surface area contributed by atoms with E-state index >= 15 is 0 Å². The minimum atomic E-state index is 0.0440. The summed E-state index contributed by atoms with van der Waals surface area (Å²) >= 11 is 1.53. The smallest absolute Gasteiger partial charge is 0.238 e. The number of amides is 1. The Morgan fingerprint density at radius 1 is 1.17 bits per heavy atom. The number of thioether (sulfide) groups is 1. The normalized spacial score (nSPS) is 10.1. The zero-order valence-electron chi connectivity index (χ0n) is 10.1. The van der Waals surface area contributed by atoms with Gasteiger partial charge in [0.05, 0.1) is 5.75 Å². The molecule has 0 aliphatic carbocycles. The maximum absolute atomic E-state index is 12.0. The first-order valence-electron chi connectivity index (χ1n) is 5.63. The van der Waals surface area contributed by atoms with E-state index in [1.165, 1.54) is 11.8 Å². The molecule has 3 nitrogen and oxygen atoms in total. The summed E-state index contributed by atoms with van der Waals surface area (Å²) in [6, 6.07) is 15.4. The fraction of sp³-hybridized carbons (Fsp3) is 0.143. The molecule has 92 valence electrons. The van der Waals surface area contributed by atoms with Crippen LogP contribution in [0, 0.1) is 0 Å². The van der Waals surface area contributed by atoms with Crippen molar-refractivity contribution in [1.82, 2.24) is 4.98 Å². The molecule has 0 saturated carbocycles. The SMILES string of the molecule is CN(C(=O)CSc1ccccc1)c1ccccn1. The van der Waals surface area contributed by atoms with E-state index < -0.39 is 0 Å². The lowest BCUT2D eigenvalue weighted by molar-refractivity contribution is -0.115. The Balaban J connectivity index is 1.93. The average Bonchev–Trinajstić information content (AvgIpc) is 2.46. The lowest BCUT2D eigenvalue weighted by Gasteiger charge is -2.15. The van der Waals surface area contributed by atoms with E-state index in [9.17, 15) is 4.79 Å². The van der Waals surface area contributed by atoms with Crippen molar-refractivity contribution < 1.29 is 4.79 Å². The highest BCUT2D eigenvalue weighted by atomic mass is 32.2. The highest BCUT2D eigenvalue weighted by Crippen LogP contribution is 2.18. The van der Waals surface area contributed by atoms with Crippen molar-refractivity contribution in [1.29, 1.82) is 0 Å². The number of hydrogen-bond donors (Lipinski definition) is 0. The Labute approximate surface area is 111 Å². The molecule has 0 saturated heterocycles. The number of anilines is 1. The molecule has 0 aliphatic rings. The van der Waals surface area contributed by atoms with Gasteiger partial charge in [-0.05, 0) is 24.3 Å². The van der Waals surface area contributed by atoms with Crippen LogP contribution in [0.15, 0.2) is 59.6 Å². The molecule has 0 bridgehead atoms. The van der Waals surface area contributed by atoms with Gasteiger partial charge in [-0.2, -0.15) is 0 Å². The van der Waals surface area contributed by atoms with E-state index in [1.54, 1.807) is 18.1 Å². The number of benzene rings is 1. The van der Waals surface area contributed by atoms with Gasteiger partial charge in [0.25, 0.3) is 0 Å². The van der Waals surface area contributed by atoms with Crippen molar-refractivity contribution in [2.75, 3.05) is 17.7 Å². The summed E-state index contributed by atoms with van der Waals surface area (Å²) in [6.45, 7) is 0. The van der Waals surface area contributed by atoms with Crippen molar-refractivity contribution in [2.24, 2.45) is 0 Å². The summed E-state index contributed by atoms with van der Waals surface area (Å²) in [5, 5.41) is 0. The van der Waals surface area contributed by atoms with Crippen molar-refractivity contribution >= 4 is 23.5 Å². The summed E-state index contributed by atoms with van der Waals surface area (Å²) in [5.74, 6) is 1.13. The van der Waals surface area contributed by atoms with E-state index in [0.717, 1.165) is 4.90 Å². The van der Waals surface area contributed by atoms with Crippen molar-refractivity contribution in [3.63, 3.8) is 0 Å². The number of nitrogens with zero attached hydrogens (tertiary/aromatic N) is 2. The molecule has 1 amide bonds. The molecule has 0 N–H and O–H groups in total. The van der Waals surface area contributed by atoms with Gasteiger partial charge in [-0.25, -0.2) is 4.98 Å². The van der Waals surface area contributed by atoms with Gasteiger partial charge >= 0.3 is 0 Å². The molecule has 0 unspecified atom stereocenters. The molecule has 1 aromatic carbocycles. The first kappa shape index (κ1) is 12.6. The van der Waals surface area contributed by atoms with Gasteiger partial charge in [0.15, 0.2) is 0 Å². The van der Waals surface area contributed by atoms with Gasteiger partial charge in [-0.3, -0.25) is 9.69 Å². The van der Waals surface area contributed by atoms with Crippen molar-refractivity contribution in [3.8, 4) is 0 Å².